The fourth-order valence-corrected chi connectivity index (χ4v) is 1.91. The molecule has 1 heterocycles. The molecule has 60 valence electrons. The summed E-state index contributed by atoms with van der Waals surface area (Å²) in [4.78, 5) is 4.25. The molecule has 0 aliphatic heterocycles. The Morgan fingerprint density at radius 1 is 1.33 bits per heavy atom. The van der Waals surface area contributed by atoms with Gasteiger partial charge in [-0.1, -0.05) is 12.1 Å². The van der Waals surface area contributed by atoms with Crippen LogP contribution >= 0.6 is 22.6 Å². The van der Waals surface area contributed by atoms with Gasteiger partial charge >= 0.3 is 0 Å². The molecule has 2 rings (SSSR count). The first-order valence-electron chi connectivity index (χ1n) is 3.78. The average Bonchev–Trinajstić information content (AvgIpc) is 2.07. The van der Waals surface area contributed by atoms with E-state index in [9.17, 15) is 0 Å². The lowest BCUT2D eigenvalue weighted by atomic mass is 10.1. The van der Waals surface area contributed by atoms with E-state index in [4.69, 9.17) is 0 Å². The highest BCUT2D eigenvalue weighted by Crippen LogP contribution is 2.19. The molecule has 0 spiro atoms. The normalized spacial score (nSPS) is 10.5. The molecular formula is C10H8IN. The molecule has 12 heavy (non-hydrogen) atoms. The first-order valence-corrected chi connectivity index (χ1v) is 4.86. The second kappa shape index (κ2) is 3.01. The first kappa shape index (κ1) is 7.98. The molecule has 0 aliphatic rings. The molecule has 0 N–H and O–H groups in total. The second-order valence-electron chi connectivity index (χ2n) is 2.79. The number of hydrogen-bond acceptors (Lipinski definition) is 1. The van der Waals surface area contributed by atoms with Crippen molar-refractivity contribution in [3.05, 3.63) is 39.7 Å². The van der Waals surface area contributed by atoms with Crippen molar-refractivity contribution in [3.63, 3.8) is 0 Å². The van der Waals surface area contributed by atoms with Crippen LogP contribution in [0.1, 0.15) is 5.69 Å². The Morgan fingerprint density at radius 2 is 2.17 bits per heavy atom. The number of fused-ring (bicyclic) bond motifs is 1. The van der Waals surface area contributed by atoms with Crippen molar-refractivity contribution in [2.45, 2.75) is 6.92 Å². The van der Waals surface area contributed by atoms with Gasteiger partial charge in [-0.05, 0) is 47.0 Å². The van der Waals surface area contributed by atoms with Crippen molar-refractivity contribution in [2.75, 3.05) is 0 Å². The van der Waals surface area contributed by atoms with Gasteiger partial charge in [0.05, 0.1) is 0 Å². The average molecular weight is 269 g/mol. The van der Waals surface area contributed by atoms with E-state index in [2.05, 4.69) is 51.8 Å². The largest absolute Gasteiger partial charge is 0.261 e. The number of aromatic nitrogens is 1. The van der Waals surface area contributed by atoms with Gasteiger partial charge in [0.25, 0.3) is 0 Å². The Morgan fingerprint density at radius 3 is 3.00 bits per heavy atom. The molecule has 0 atom stereocenters. The third-order valence-electron chi connectivity index (χ3n) is 1.85. The highest BCUT2D eigenvalue weighted by molar-refractivity contribution is 14.1. The van der Waals surface area contributed by atoms with Gasteiger partial charge in [-0.15, -0.1) is 0 Å². The number of pyridine rings is 1. The van der Waals surface area contributed by atoms with E-state index in [1.807, 2.05) is 13.1 Å². The van der Waals surface area contributed by atoms with Crippen LogP contribution in [0.5, 0.6) is 0 Å². The SMILES string of the molecule is Cc1cc2c(I)cccc2cn1. The number of aryl methyl sites for hydroxylation is 1. The van der Waals surface area contributed by atoms with Crippen LogP contribution in [0.25, 0.3) is 10.8 Å². The van der Waals surface area contributed by atoms with Crippen LogP contribution < -0.4 is 0 Å². The molecule has 0 amide bonds. The zero-order valence-corrected chi connectivity index (χ0v) is 8.87. The molecule has 1 aromatic heterocycles. The summed E-state index contributed by atoms with van der Waals surface area (Å²) in [5.41, 5.74) is 1.08. The van der Waals surface area contributed by atoms with Gasteiger partial charge in [-0.2, -0.15) is 0 Å². The number of nitrogens with zero attached hydrogens (tertiary/aromatic N) is 1. The summed E-state index contributed by atoms with van der Waals surface area (Å²) in [7, 11) is 0. The van der Waals surface area contributed by atoms with E-state index in [0.717, 1.165) is 5.69 Å². The molecule has 1 nitrogen and oxygen atoms in total. The summed E-state index contributed by atoms with van der Waals surface area (Å²) in [6, 6.07) is 8.38. The second-order valence-corrected chi connectivity index (χ2v) is 3.95. The Bertz CT molecular complexity index is 423. The highest BCUT2D eigenvalue weighted by atomic mass is 127. The molecule has 2 heteroatoms. The van der Waals surface area contributed by atoms with Crippen LogP contribution in [0.2, 0.25) is 0 Å². The van der Waals surface area contributed by atoms with E-state index >= 15 is 0 Å². The molecule has 0 radical (unpaired) electrons. The molecule has 0 fully saturated rings. The van der Waals surface area contributed by atoms with Crippen molar-refractivity contribution in [1.29, 1.82) is 0 Å². The first-order chi connectivity index (χ1) is 5.77. The van der Waals surface area contributed by atoms with Crippen LogP contribution in [0.3, 0.4) is 0 Å². The fourth-order valence-electron chi connectivity index (χ4n) is 1.24. The molecular weight excluding hydrogens is 261 g/mol. The van der Waals surface area contributed by atoms with Gasteiger partial charge in [0.1, 0.15) is 0 Å². The maximum absolute atomic E-state index is 4.25. The Kier molecular flexibility index (Phi) is 2.00. The van der Waals surface area contributed by atoms with Gasteiger partial charge in [0.2, 0.25) is 0 Å². The Balaban J connectivity index is 2.88. The zero-order chi connectivity index (χ0) is 8.55. The number of halogens is 1. The van der Waals surface area contributed by atoms with E-state index in [-0.39, 0.29) is 0 Å². The number of hydrogen-bond donors (Lipinski definition) is 0. The van der Waals surface area contributed by atoms with Crippen LogP contribution in [0.15, 0.2) is 30.5 Å². The zero-order valence-electron chi connectivity index (χ0n) is 6.71. The Hall–Kier alpha value is -0.640. The number of benzene rings is 1. The molecule has 0 saturated carbocycles. The minimum atomic E-state index is 1.08. The van der Waals surface area contributed by atoms with Gasteiger partial charge < -0.3 is 0 Å². The third kappa shape index (κ3) is 1.31. The van der Waals surface area contributed by atoms with Gasteiger partial charge in [-0.25, -0.2) is 0 Å². The third-order valence-corrected chi connectivity index (χ3v) is 2.79. The van der Waals surface area contributed by atoms with E-state index in [1.54, 1.807) is 0 Å². The van der Waals surface area contributed by atoms with E-state index < -0.39 is 0 Å². The van der Waals surface area contributed by atoms with Crippen molar-refractivity contribution < 1.29 is 0 Å². The van der Waals surface area contributed by atoms with Crippen molar-refractivity contribution >= 4 is 33.4 Å². The van der Waals surface area contributed by atoms with Crippen molar-refractivity contribution in [1.82, 2.24) is 4.98 Å². The lowest BCUT2D eigenvalue weighted by Gasteiger charge is -2.00. The van der Waals surface area contributed by atoms with Crippen LogP contribution in [0, 0.1) is 10.5 Å². The molecule has 0 aliphatic carbocycles. The lowest BCUT2D eigenvalue weighted by Crippen LogP contribution is -1.82. The quantitative estimate of drug-likeness (QED) is 0.669. The topological polar surface area (TPSA) is 12.9 Å². The predicted octanol–water partition coefficient (Wildman–Crippen LogP) is 3.15. The van der Waals surface area contributed by atoms with Gasteiger partial charge in [0, 0.05) is 20.8 Å². The summed E-state index contributed by atoms with van der Waals surface area (Å²) >= 11 is 2.35. The Labute approximate surface area is 85.0 Å². The summed E-state index contributed by atoms with van der Waals surface area (Å²) < 4.78 is 1.29. The van der Waals surface area contributed by atoms with Gasteiger partial charge in [0.15, 0.2) is 0 Å². The van der Waals surface area contributed by atoms with Crippen LogP contribution in [-0.4, -0.2) is 4.98 Å². The summed E-state index contributed by atoms with van der Waals surface area (Å²) in [6.45, 7) is 2.02. The molecule has 0 unspecified atom stereocenters. The predicted molar refractivity (Wildman–Crippen MR) is 59.2 cm³/mol. The summed E-state index contributed by atoms with van der Waals surface area (Å²) in [5, 5.41) is 2.51. The fraction of sp³-hybridized carbons (Fsp3) is 0.100. The maximum Gasteiger partial charge on any atom is 0.0379 e. The molecule has 0 bridgehead atoms. The van der Waals surface area contributed by atoms with E-state index in [0.29, 0.717) is 0 Å². The summed E-state index contributed by atoms with van der Waals surface area (Å²) in [6.07, 6.45) is 1.92. The molecule has 2 aromatic rings. The van der Waals surface area contributed by atoms with E-state index in [1.165, 1.54) is 14.3 Å². The lowest BCUT2D eigenvalue weighted by molar-refractivity contribution is 1.22. The van der Waals surface area contributed by atoms with Crippen molar-refractivity contribution in [3.8, 4) is 0 Å². The minimum absolute atomic E-state index is 1.08. The highest BCUT2D eigenvalue weighted by Gasteiger charge is 1.97. The smallest absolute Gasteiger partial charge is 0.0379 e. The number of rotatable bonds is 0. The van der Waals surface area contributed by atoms with Gasteiger partial charge in [-0.3, -0.25) is 4.98 Å². The van der Waals surface area contributed by atoms with Crippen molar-refractivity contribution in [2.24, 2.45) is 0 Å². The minimum Gasteiger partial charge on any atom is -0.261 e. The van der Waals surface area contributed by atoms with Crippen LogP contribution in [0.4, 0.5) is 0 Å². The summed E-state index contributed by atoms with van der Waals surface area (Å²) in [5.74, 6) is 0. The molecule has 1 aromatic carbocycles. The van der Waals surface area contributed by atoms with Crippen LogP contribution in [-0.2, 0) is 0 Å². The monoisotopic (exact) mass is 269 g/mol. The standard InChI is InChI=1S/C10H8IN/c1-7-5-9-8(6-12-7)3-2-4-10(9)11/h2-6H,1H3. The maximum atomic E-state index is 4.25. The molecule has 0 saturated heterocycles.